The Morgan fingerprint density at radius 3 is 2.79 bits per heavy atom. The van der Waals surface area contributed by atoms with Crippen LogP contribution in [-0.2, 0) is 11.3 Å². The van der Waals surface area contributed by atoms with Crippen LogP contribution in [0.2, 0.25) is 0 Å². The lowest BCUT2D eigenvalue weighted by Gasteiger charge is -2.24. The number of carbonyl (C=O) groups is 1. The van der Waals surface area contributed by atoms with Gasteiger partial charge < -0.3 is 19.9 Å². The minimum absolute atomic E-state index is 0.267. The van der Waals surface area contributed by atoms with Crippen molar-refractivity contribution in [2.24, 2.45) is 0 Å². The molecule has 0 saturated carbocycles. The molecule has 1 amide bonds. The molecule has 0 atom stereocenters. The van der Waals surface area contributed by atoms with Crippen LogP contribution in [0, 0.1) is 0 Å². The molecule has 19 heavy (non-hydrogen) atoms. The van der Waals surface area contributed by atoms with Crippen molar-refractivity contribution in [2.45, 2.75) is 39.3 Å². The zero-order valence-electron chi connectivity index (χ0n) is 12.3. The fourth-order valence-electron chi connectivity index (χ4n) is 1.57. The Kier molecular flexibility index (Phi) is 5.89. The Balaban J connectivity index is 2.10. The first-order chi connectivity index (χ1) is 8.88. The normalized spacial score (nSPS) is 11.4. The molecule has 0 aromatic carbocycles. The van der Waals surface area contributed by atoms with Crippen LogP contribution in [0.1, 0.15) is 32.9 Å². The topological polar surface area (TPSA) is 57.4 Å². The van der Waals surface area contributed by atoms with E-state index >= 15 is 0 Å². The standard InChI is InChI=1S/C14H25N3O2/c1-14(2,3)19-13(18)17(4)10-6-8-15-11-12-7-5-9-16-12/h5,7,9,15-16H,6,8,10-11H2,1-4H3. The Bertz CT molecular complexity index is 369. The van der Waals surface area contributed by atoms with Gasteiger partial charge in [-0.3, -0.25) is 0 Å². The maximum Gasteiger partial charge on any atom is 0.410 e. The fraction of sp³-hybridized carbons (Fsp3) is 0.643. The number of H-pyrrole nitrogens is 1. The third-order valence-electron chi connectivity index (χ3n) is 2.53. The van der Waals surface area contributed by atoms with E-state index < -0.39 is 5.60 Å². The summed E-state index contributed by atoms with van der Waals surface area (Å²) in [5, 5.41) is 3.32. The molecular weight excluding hydrogens is 242 g/mol. The second-order valence-electron chi connectivity index (χ2n) is 5.63. The molecule has 108 valence electrons. The first-order valence-electron chi connectivity index (χ1n) is 6.65. The largest absolute Gasteiger partial charge is 0.444 e. The van der Waals surface area contributed by atoms with Crippen molar-refractivity contribution < 1.29 is 9.53 Å². The number of hydrogen-bond donors (Lipinski definition) is 2. The van der Waals surface area contributed by atoms with Crippen molar-refractivity contribution in [1.29, 1.82) is 0 Å². The third-order valence-corrected chi connectivity index (χ3v) is 2.53. The summed E-state index contributed by atoms with van der Waals surface area (Å²) in [6.45, 7) is 7.99. The summed E-state index contributed by atoms with van der Waals surface area (Å²) in [5.74, 6) is 0. The third kappa shape index (κ3) is 6.86. The van der Waals surface area contributed by atoms with E-state index in [-0.39, 0.29) is 6.09 Å². The Morgan fingerprint density at radius 2 is 2.21 bits per heavy atom. The quantitative estimate of drug-likeness (QED) is 0.778. The van der Waals surface area contributed by atoms with Crippen LogP contribution in [0.5, 0.6) is 0 Å². The Morgan fingerprint density at radius 1 is 1.47 bits per heavy atom. The van der Waals surface area contributed by atoms with E-state index in [2.05, 4.69) is 10.3 Å². The number of nitrogens with zero attached hydrogens (tertiary/aromatic N) is 1. The van der Waals surface area contributed by atoms with Gasteiger partial charge in [0.25, 0.3) is 0 Å². The average Bonchev–Trinajstić information content (AvgIpc) is 2.79. The number of ether oxygens (including phenoxy) is 1. The lowest BCUT2D eigenvalue weighted by atomic mass is 10.2. The van der Waals surface area contributed by atoms with E-state index in [4.69, 9.17) is 4.74 Å². The zero-order valence-corrected chi connectivity index (χ0v) is 12.3. The van der Waals surface area contributed by atoms with Crippen LogP contribution in [-0.4, -0.2) is 41.7 Å². The maximum atomic E-state index is 11.7. The van der Waals surface area contributed by atoms with Crippen LogP contribution in [0.25, 0.3) is 0 Å². The SMILES string of the molecule is CN(CCCNCc1ccc[nH]1)C(=O)OC(C)(C)C. The molecule has 0 aliphatic rings. The van der Waals surface area contributed by atoms with E-state index in [0.717, 1.165) is 19.5 Å². The highest BCUT2D eigenvalue weighted by molar-refractivity contribution is 5.67. The van der Waals surface area contributed by atoms with Crippen LogP contribution < -0.4 is 5.32 Å². The van der Waals surface area contributed by atoms with E-state index in [1.807, 2.05) is 39.1 Å². The first kappa shape index (κ1) is 15.6. The summed E-state index contributed by atoms with van der Waals surface area (Å²) >= 11 is 0. The van der Waals surface area contributed by atoms with Gasteiger partial charge in [0.1, 0.15) is 5.60 Å². The van der Waals surface area contributed by atoms with Crippen molar-refractivity contribution in [1.82, 2.24) is 15.2 Å². The minimum atomic E-state index is -0.433. The van der Waals surface area contributed by atoms with Crippen molar-refractivity contribution in [3.8, 4) is 0 Å². The first-order valence-corrected chi connectivity index (χ1v) is 6.65. The summed E-state index contributed by atoms with van der Waals surface area (Å²) in [7, 11) is 1.76. The predicted molar refractivity (Wildman–Crippen MR) is 76.0 cm³/mol. The highest BCUT2D eigenvalue weighted by atomic mass is 16.6. The summed E-state index contributed by atoms with van der Waals surface area (Å²) < 4.78 is 5.28. The zero-order chi connectivity index (χ0) is 14.3. The molecule has 2 N–H and O–H groups in total. The minimum Gasteiger partial charge on any atom is -0.444 e. The van der Waals surface area contributed by atoms with Crippen LogP contribution in [0.3, 0.4) is 0 Å². The smallest absolute Gasteiger partial charge is 0.410 e. The number of amides is 1. The van der Waals surface area contributed by atoms with Crippen LogP contribution in [0.4, 0.5) is 4.79 Å². The summed E-state index contributed by atoms with van der Waals surface area (Å²) in [6, 6.07) is 4.02. The number of hydrogen-bond acceptors (Lipinski definition) is 3. The average molecular weight is 267 g/mol. The van der Waals surface area contributed by atoms with Crippen molar-refractivity contribution in [2.75, 3.05) is 20.1 Å². The molecule has 1 aromatic rings. The molecule has 0 spiro atoms. The van der Waals surface area contributed by atoms with Crippen molar-refractivity contribution in [3.05, 3.63) is 24.0 Å². The molecule has 1 heterocycles. The summed E-state index contributed by atoms with van der Waals surface area (Å²) in [6.07, 6.45) is 2.54. The maximum absolute atomic E-state index is 11.7. The molecule has 0 aliphatic carbocycles. The van der Waals surface area contributed by atoms with Crippen molar-refractivity contribution in [3.63, 3.8) is 0 Å². The molecule has 0 radical (unpaired) electrons. The van der Waals surface area contributed by atoms with Crippen LogP contribution >= 0.6 is 0 Å². The molecule has 0 saturated heterocycles. The Hall–Kier alpha value is -1.49. The molecule has 5 heteroatoms. The molecule has 1 rings (SSSR count). The number of carbonyl (C=O) groups excluding carboxylic acids is 1. The van der Waals surface area contributed by atoms with E-state index in [1.165, 1.54) is 5.69 Å². The summed E-state index contributed by atoms with van der Waals surface area (Å²) in [5.41, 5.74) is 0.734. The van der Waals surface area contributed by atoms with Gasteiger partial charge in [-0.05, 0) is 45.9 Å². The lowest BCUT2D eigenvalue weighted by molar-refractivity contribution is 0.0297. The van der Waals surface area contributed by atoms with E-state index in [9.17, 15) is 4.79 Å². The fourth-order valence-corrected chi connectivity index (χ4v) is 1.57. The van der Waals surface area contributed by atoms with Gasteiger partial charge >= 0.3 is 6.09 Å². The van der Waals surface area contributed by atoms with Gasteiger partial charge in [-0.1, -0.05) is 0 Å². The van der Waals surface area contributed by atoms with Gasteiger partial charge in [-0.2, -0.15) is 0 Å². The highest BCUT2D eigenvalue weighted by Gasteiger charge is 2.18. The number of aromatic amines is 1. The molecular formula is C14H25N3O2. The molecule has 0 aliphatic heterocycles. The van der Waals surface area contributed by atoms with Gasteiger partial charge in [-0.25, -0.2) is 4.79 Å². The van der Waals surface area contributed by atoms with E-state index in [0.29, 0.717) is 6.54 Å². The molecule has 0 bridgehead atoms. The predicted octanol–water partition coefficient (Wildman–Crippen LogP) is 2.36. The number of rotatable bonds is 6. The second-order valence-corrected chi connectivity index (χ2v) is 5.63. The lowest BCUT2D eigenvalue weighted by Crippen LogP contribution is -2.35. The molecule has 0 unspecified atom stereocenters. The van der Waals surface area contributed by atoms with Gasteiger partial charge in [-0.15, -0.1) is 0 Å². The molecule has 5 nitrogen and oxygen atoms in total. The van der Waals surface area contributed by atoms with Crippen LogP contribution in [0.15, 0.2) is 18.3 Å². The van der Waals surface area contributed by atoms with Gasteiger partial charge in [0.05, 0.1) is 0 Å². The number of nitrogens with one attached hydrogen (secondary N) is 2. The summed E-state index contributed by atoms with van der Waals surface area (Å²) in [4.78, 5) is 16.4. The highest BCUT2D eigenvalue weighted by Crippen LogP contribution is 2.09. The van der Waals surface area contributed by atoms with Gasteiger partial charge in [0.15, 0.2) is 0 Å². The Labute approximate surface area is 115 Å². The molecule has 1 aromatic heterocycles. The molecule has 0 fully saturated rings. The monoisotopic (exact) mass is 267 g/mol. The van der Waals surface area contributed by atoms with E-state index in [1.54, 1.807) is 11.9 Å². The van der Waals surface area contributed by atoms with Gasteiger partial charge in [0, 0.05) is 32.0 Å². The number of aromatic nitrogens is 1. The van der Waals surface area contributed by atoms with Gasteiger partial charge in [0.2, 0.25) is 0 Å². The second kappa shape index (κ2) is 7.19. The van der Waals surface area contributed by atoms with Crippen molar-refractivity contribution >= 4 is 6.09 Å².